The zero-order valence-electron chi connectivity index (χ0n) is 15.1. The summed E-state index contributed by atoms with van der Waals surface area (Å²) in [6.07, 6.45) is 4.25. The molecule has 0 amide bonds. The minimum absolute atomic E-state index is 0.123. The molecule has 0 aliphatic rings. The maximum absolute atomic E-state index is 12.6. The van der Waals surface area contributed by atoms with Crippen LogP contribution in [0.2, 0.25) is 10.0 Å². The molecular formula is C22H16BrCl2NO3. The molecule has 0 bridgehead atoms. The van der Waals surface area contributed by atoms with Gasteiger partial charge in [-0.25, -0.2) is 4.79 Å². The first-order valence-electron chi connectivity index (χ1n) is 8.70. The summed E-state index contributed by atoms with van der Waals surface area (Å²) in [4.78, 5) is 23.6. The summed E-state index contributed by atoms with van der Waals surface area (Å²) in [5.74, 6) is -0.972. The third-order valence-electron chi connectivity index (χ3n) is 4.35. The van der Waals surface area contributed by atoms with E-state index in [1.165, 1.54) is 0 Å². The van der Waals surface area contributed by atoms with E-state index in [1.807, 2.05) is 30.4 Å². The summed E-state index contributed by atoms with van der Waals surface area (Å²) in [5, 5.41) is 9.76. The average molecular weight is 493 g/mol. The first kappa shape index (κ1) is 21.4. The number of aromatic nitrogens is 1. The zero-order chi connectivity index (χ0) is 21.0. The van der Waals surface area contributed by atoms with E-state index in [2.05, 4.69) is 15.9 Å². The van der Waals surface area contributed by atoms with E-state index < -0.39 is 5.97 Å². The molecule has 0 aliphatic heterocycles. The van der Waals surface area contributed by atoms with Gasteiger partial charge in [0, 0.05) is 16.0 Å². The van der Waals surface area contributed by atoms with Gasteiger partial charge in [0.2, 0.25) is 0 Å². The number of carbonyl (C=O) groups is 1. The molecule has 29 heavy (non-hydrogen) atoms. The average Bonchev–Trinajstić information content (AvgIpc) is 2.69. The molecule has 1 heterocycles. The van der Waals surface area contributed by atoms with Crippen molar-refractivity contribution >= 4 is 57.3 Å². The molecule has 0 saturated heterocycles. The highest BCUT2D eigenvalue weighted by Crippen LogP contribution is 2.22. The smallest absolute Gasteiger partial charge is 0.335 e. The van der Waals surface area contributed by atoms with Crippen LogP contribution in [0.15, 0.2) is 63.9 Å². The van der Waals surface area contributed by atoms with E-state index in [0.717, 1.165) is 11.1 Å². The van der Waals surface area contributed by atoms with Crippen molar-refractivity contribution in [1.82, 2.24) is 4.57 Å². The minimum Gasteiger partial charge on any atom is -0.478 e. The highest BCUT2D eigenvalue weighted by Gasteiger charge is 2.11. The summed E-state index contributed by atoms with van der Waals surface area (Å²) in [6.45, 7) is 0.389. The summed E-state index contributed by atoms with van der Waals surface area (Å²) >= 11 is 15.6. The van der Waals surface area contributed by atoms with Crippen LogP contribution in [-0.4, -0.2) is 15.6 Å². The van der Waals surface area contributed by atoms with E-state index in [4.69, 9.17) is 28.3 Å². The van der Waals surface area contributed by atoms with Crippen molar-refractivity contribution in [1.29, 1.82) is 0 Å². The molecule has 0 fully saturated rings. The van der Waals surface area contributed by atoms with E-state index in [0.29, 0.717) is 28.2 Å². The number of rotatable bonds is 6. The molecule has 1 N–H and O–H groups in total. The summed E-state index contributed by atoms with van der Waals surface area (Å²) < 4.78 is 2.29. The van der Waals surface area contributed by atoms with Crippen molar-refractivity contribution in [2.24, 2.45) is 0 Å². The Morgan fingerprint density at radius 2 is 1.79 bits per heavy atom. The van der Waals surface area contributed by atoms with Gasteiger partial charge < -0.3 is 9.67 Å². The maximum atomic E-state index is 12.6. The molecule has 0 spiro atoms. The number of aromatic carboxylic acids is 1. The van der Waals surface area contributed by atoms with Gasteiger partial charge in [0.15, 0.2) is 0 Å². The molecule has 2 aromatic carbocycles. The van der Waals surface area contributed by atoms with Crippen LogP contribution in [0.25, 0.3) is 12.2 Å². The fraction of sp³-hybridized carbons (Fsp3) is 0.0909. The van der Waals surface area contributed by atoms with Gasteiger partial charge in [0.05, 0.1) is 11.3 Å². The van der Waals surface area contributed by atoms with Crippen LogP contribution in [-0.2, 0) is 13.0 Å². The lowest BCUT2D eigenvalue weighted by molar-refractivity contribution is 0.0697. The number of aryl methyl sites for hydroxylation is 1. The van der Waals surface area contributed by atoms with Gasteiger partial charge in [-0.15, -0.1) is 0 Å². The van der Waals surface area contributed by atoms with E-state index in [9.17, 15) is 9.59 Å². The lowest BCUT2D eigenvalue weighted by atomic mass is 10.1. The third kappa shape index (κ3) is 5.38. The van der Waals surface area contributed by atoms with Crippen LogP contribution in [0.3, 0.4) is 0 Å². The molecular weight excluding hydrogens is 477 g/mol. The summed E-state index contributed by atoms with van der Waals surface area (Å²) in [6, 6.07) is 15.6. The summed E-state index contributed by atoms with van der Waals surface area (Å²) in [7, 11) is 0. The SMILES string of the molecule is O=C(O)c1ccc(CCn2c(C=Cc3cccc(Cl)c3)c(Br)cc(Cl)c2=O)cc1. The van der Waals surface area contributed by atoms with Crippen LogP contribution in [0.1, 0.15) is 27.2 Å². The van der Waals surface area contributed by atoms with Crippen LogP contribution in [0.4, 0.5) is 0 Å². The van der Waals surface area contributed by atoms with Gasteiger partial charge in [-0.05, 0) is 69.9 Å². The lowest BCUT2D eigenvalue weighted by Gasteiger charge is -2.13. The van der Waals surface area contributed by atoms with Crippen molar-refractivity contribution in [3.8, 4) is 0 Å². The van der Waals surface area contributed by atoms with Gasteiger partial charge in [-0.2, -0.15) is 0 Å². The van der Waals surface area contributed by atoms with Gasteiger partial charge in [0.1, 0.15) is 5.02 Å². The van der Waals surface area contributed by atoms with Gasteiger partial charge in [-0.3, -0.25) is 4.79 Å². The predicted octanol–water partition coefficient (Wildman–Crippen LogP) is 6.03. The second-order valence-electron chi connectivity index (χ2n) is 6.32. The highest BCUT2D eigenvalue weighted by atomic mass is 79.9. The third-order valence-corrected chi connectivity index (χ3v) is 5.49. The Morgan fingerprint density at radius 3 is 2.45 bits per heavy atom. The fourth-order valence-corrected chi connectivity index (χ4v) is 3.96. The van der Waals surface area contributed by atoms with Gasteiger partial charge >= 0.3 is 5.97 Å². The normalized spacial score (nSPS) is 11.1. The Labute approximate surface area is 186 Å². The van der Waals surface area contributed by atoms with Crippen molar-refractivity contribution in [2.75, 3.05) is 0 Å². The number of nitrogens with zero attached hydrogens (tertiary/aromatic N) is 1. The molecule has 1 aromatic heterocycles. The largest absolute Gasteiger partial charge is 0.478 e. The van der Waals surface area contributed by atoms with Crippen LogP contribution < -0.4 is 5.56 Å². The van der Waals surface area contributed by atoms with E-state index in [1.54, 1.807) is 41.0 Å². The molecule has 0 radical (unpaired) electrons. The van der Waals surface area contributed by atoms with Crippen LogP contribution in [0, 0.1) is 0 Å². The Balaban J connectivity index is 1.90. The second-order valence-corrected chi connectivity index (χ2v) is 8.02. The molecule has 7 heteroatoms. The summed E-state index contributed by atoms with van der Waals surface area (Å²) in [5.41, 5.74) is 2.44. The maximum Gasteiger partial charge on any atom is 0.335 e. The molecule has 0 aliphatic carbocycles. The molecule has 0 unspecified atom stereocenters. The lowest BCUT2D eigenvalue weighted by Crippen LogP contribution is -2.24. The van der Waals surface area contributed by atoms with Crippen molar-refractivity contribution in [3.63, 3.8) is 0 Å². The van der Waals surface area contributed by atoms with E-state index >= 15 is 0 Å². The Bertz CT molecular complexity index is 1140. The standard InChI is InChI=1S/C22H16BrCl2NO3/c23-18-13-19(25)21(27)26(11-10-14-4-7-16(8-5-14)22(28)29)20(18)9-6-15-2-1-3-17(24)12-15/h1-9,12-13H,10-11H2,(H,28,29). The first-order chi connectivity index (χ1) is 13.8. The fourth-order valence-electron chi connectivity index (χ4n) is 2.85. The highest BCUT2D eigenvalue weighted by molar-refractivity contribution is 9.10. The van der Waals surface area contributed by atoms with Crippen molar-refractivity contribution in [2.45, 2.75) is 13.0 Å². The Hall–Kier alpha value is -2.34. The number of hydrogen-bond donors (Lipinski definition) is 1. The number of halogens is 3. The number of carboxylic acids is 1. The molecule has 148 valence electrons. The van der Waals surface area contributed by atoms with E-state index in [-0.39, 0.29) is 16.1 Å². The van der Waals surface area contributed by atoms with Crippen molar-refractivity contribution < 1.29 is 9.90 Å². The Kier molecular flexibility index (Phi) is 6.96. The molecule has 3 aromatic rings. The minimum atomic E-state index is -0.972. The van der Waals surface area contributed by atoms with Crippen molar-refractivity contribution in [3.05, 3.63) is 102 Å². The zero-order valence-corrected chi connectivity index (χ0v) is 18.2. The topological polar surface area (TPSA) is 59.3 Å². The Morgan fingerprint density at radius 1 is 1.07 bits per heavy atom. The molecule has 4 nitrogen and oxygen atoms in total. The van der Waals surface area contributed by atoms with Gasteiger partial charge in [-0.1, -0.05) is 53.5 Å². The number of benzene rings is 2. The first-order valence-corrected chi connectivity index (χ1v) is 10.2. The molecule has 0 saturated carbocycles. The molecule has 3 rings (SSSR count). The predicted molar refractivity (Wildman–Crippen MR) is 121 cm³/mol. The number of carboxylic acid groups (broad SMARTS) is 1. The second kappa shape index (κ2) is 9.44. The number of pyridine rings is 1. The molecule has 0 atom stereocenters. The monoisotopic (exact) mass is 491 g/mol. The number of hydrogen-bond acceptors (Lipinski definition) is 2. The van der Waals surface area contributed by atoms with Crippen LogP contribution >= 0.6 is 39.1 Å². The quantitative estimate of drug-likeness (QED) is 0.457. The van der Waals surface area contributed by atoms with Gasteiger partial charge in [0.25, 0.3) is 5.56 Å². The van der Waals surface area contributed by atoms with Crippen LogP contribution in [0.5, 0.6) is 0 Å².